The molecule has 31 heavy (non-hydrogen) atoms. The average molecular weight is 443 g/mol. The van der Waals surface area contributed by atoms with E-state index >= 15 is 0 Å². The second-order valence-corrected chi connectivity index (χ2v) is 10.4. The molecule has 4 rings (SSSR count). The summed E-state index contributed by atoms with van der Waals surface area (Å²) < 4.78 is 33.7. The minimum atomic E-state index is -3.67. The molecule has 0 bridgehead atoms. The number of hydrogen-bond donors (Lipinski definition) is 0. The number of carbonyl (C=O) groups is 1. The Hall–Kier alpha value is -2.38. The third-order valence-corrected chi connectivity index (χ3v) is 8.12. The molecule has 0 N–H and O–H groups in total. The van der Waals surface area contributed by atoms with Gasteiger partial charge >= 0.3 is 0 Å². The summed E-state index contributed by atoms with van der Waals surface area (Å²) in [4.78, 5) is 15.6. The van der Waals surface area contributed by atoms with Crippen molar-refractivity contribution in [1.82, 2.24) is 4.31 Å². The summed E-state index contributed by atoms with van der Waals surface area (Å²) in [6.07, 6.45) is 2.22. The first kappa shape index (κ1) is 21.8. The van der Waals surface area contributed by atoms with Crippen LogP contribution in [0.2, 0.25) is 0 Å². The summed E-state index contributed by atoms with van der Waals surface area (Å²) in [7, 11) is -3.67. The van der Waals surface area contributed by atoms with E-state index in [9.17, 15) is 13.2 Å². The van der Waals surface area contributed by atoms with E-state index in [1.165, 1.54) is 9.87 Å². The third kappa shape index (κ3) is 4.08. The topological polar surface area (TPSA) is 66.9 Å². The molecule has 2 aromatic carbocycles. The van der Waals surface area contributed by atoms with Gasteiger partial charge < -0.3 is 9.64 Å². The molecule has 2 aliphatic rings. The maximum atomic E-state index is 13.4. The maximum absolute atomic E-state index is 13.4. The van der Waals surface area contributed by atoms with Crippen LogP contribution in [0.15, 0.2) is 47.4 Å². The number of hydrogen-bond acceptors (Lipinski definition) is 4. The molecule has 0 radical (unpaired) electrons. The summed E-state index contributed by atoms with van der Waals surface area (Å²) in [5.41, 5.74) is 2.92. The van der Waals surface area contributed by atoms with Gasteiger partial charge in [0, 0.05) is 24.8 Å². The molecule has 6 nitrogen and oxygen atoms in total. The summed E-state index contributed by atoms with van der Waals surface area (Å²) in [5, 5.41) is 0. The number of sulfonamides is 1. The fourth-order valence-corrected chi connectivity index (χ4v) is 6.32. The zero-order valence-electron chi connectivity index (χ0n) is 18.4. The average Bonchev–Trinajstić information content (AvgIpc) is 3.10. The minimum absolute atomic E-state index is 0.0280. The summed E-state index contributed by atoms with van der Waals surface area (Å²) in [6.45, 7) is 6.98. The highest BCUT2D eigenvalue weighted by molar-refractivity contribution is 7.89. The molecule has 1 saturated heterocycles. The quantitative estimate of drug-likeness (QED) is 0.707. The Morgan fingerprint density at radius 2 is 1.97 bits per heavy atom. The van der Waals surface area contributed by atoms with Gasteiger partial charge in [-0.1, -0.05) is 18.2 Å². The summed E-state index contributed by atoms with van der Waals surface area (Å²) in [5.74, 6) is 0.385. The van der Waals surface area contributed by atoms with Crippen molar-refractivity contribution in [2.24, 2.45) is 5.92 Å². The fraction of sp³-hybridized carbons (Fsp3) is 0.458. The Kier molecular flexibility index (Phi) is 6.08. The van der Waals surface area contributed by atoms with Crippen LogP contribution in [-0.4, -0.2) is 44.4 Å². The number of amides is 1. The van der Waals surface area contributed by atoms with Gasteiger partial charge in [0.05, 0.1) is 17.4 Å². The Labute approximate surface area is 184 Å². The number of rotatable bonds is 5. The molecule has 0 aliphatic carbocycles. The number of benzene rings is 2. The number of ether oxygens (including phenoxy) is 1. The minimum Gasteiger partial charge on any atom is -0.494 e. The number of carbonyl (C=O) groups excluding carboxylic acids is 1. The smallest absolute Gasteiger partial charge is 0.243 e. The van der Waals surface area contributed by atoms with Gasteiger partial charge in [-0.2, -0.15) is 4.31 Å². The van der Waals surface area contributed by atoms with E-state index in [-0.39, 0.29) is 29.3 Å². The first-order chi connectivity index (χ1) is 14.8. The Morgan fingerprint density at radius 1 is 1.19 bits per heavy atom. The first-order valence-electron chi connectivity index (χ1n) is 11.0. The third-order valence-electron chi connectivity index (χ3n) is 6.26. The van der Waals surface area contributed by atoms with Crippen molar-refractivity contribution < 1.29 is 17.9 Å². The van der Waals surface area contributed by atoms with Crippen molar-refractivity contribution in [3.8, 4) is 5.75 Å². The number of aryl methyl sites for hydroxylation is 1. The molecule has 1 fully saturated rings. The molecule has 0 saturated carbocycles. The van der Waals surface area contributed by atoms with Crippen LogP contribution in [0.5, 0.6) is 5.75 Å². The molecule has 0 spiro atoms. The molecule has 2 aliphatic heterocycles. The number of nitrogens with zero attached hydrogens (tertiary/aromatic N) is 2. The predicted octanol–water partition coefficient (Wildman–Crippen LogP) is 3.77. The van der Waals surface area contributed by atoms with Crippen LogP contribution in [0.4, 0.5) is 5.69 Å². The van der Waals surface area contributed by atoms with Gasteiger partial charge in [0.15, 0.2) is 0 Å². The lowest BCUT2D eigenvalue weighted by Crippen LogP contribution is -2.48. The number of anilines is 1. The van der Waals surface area contributed by atoms with Gasteiger partial charge in [0.25, 0.3) is 0 Å². The molecule has 0 unspecified atom stereocenters. The monoisotopic (exact) mass is 442 g/mol. The summed E-state index contributed by atoms with van der Waals surface area (Å²) in [6, 6.07) is 13.0. The van der Waals surface area contributed by atoms with Gasteiger partial charge in [-0.3, -0.25) is 4.79 Å². The highest BCUT2D eigenvalue weighted by atomic mass is 32.2. The van der Waals surface area contributed by atoms with Crippen LogP contribution in [0.25, 0.3) is 0 Å². The normalized spacial score (nSPS) is 21.7. The van der Waals surface area contributed by atoms with Gasteiger partial charge in [-0.05, 0) is 75.4 Å². The van der Waals surface area contributed by atoms with Crippen molar-refractivity contribution in [2.75, 3.05) is 24.6 Å². The predicted molar refractivity (Wildman–Crippen MR) is 121 cm³/mol. The van der Waals surface area contributed by atoms with Crippen molar-refractivity contribution >= 4 is 21.6 Å². The van der Waals surface area contributed by atoms with Crippen molar-refractivity contribution in [2.45, 2.75) is 51.0 Å². The van der Waals surface area contributed by atoms with Crippen molar-refractivity contribution in [3.63, 3.8) is 0 Å². The summed E-state index contributed by atoms with van der Waals surface area (Å²) >= 11 is 0. The Morgan fingerprint density at radius 3 is 2.71 bits per heavy atom. The lowest BCUT2D eigenvalue weighted by molar-refractivity contribution is -0.123. The number of para-hydroxylation sites is 1. The molecular formula is C24H30N2O4S. The van der Waals surface area contributed by atoms with Crippen LogP contribution in [0, 0.1) is 12.8 Å². The van der Waals surface area contributed by atoms with Gasteiger partial charge in [0.1, 0.15) is 5.75 Å². The zero-order valence-corrected chi connectivity index (χ0v) is 19.2. The highest BCUT2D eigenvalue weighted by Crippen LogP contribution is 2.35. The van der Waals surface area contributed by atoms with E-state index in [1.54, 1.807) is 18.2 Å². The van der Waals surface area contributed by atoms with Gasteiger partial charge in [-0.25, -0.2) is 8.42 Å². The van der Waals surface area contributed by atoms with E-state index in [2.05, 4.69) is 13.0 Å². The molecule has 2 aromatic rings. The van der Waals surface area contributed by atoms with E-state index < -0.39 is 10.0 Å². The second-order valence-electron chi connectivity index (χ2n) is 8.45. The molecule has 2 heterocycles. The van der Waals surface area contributed by atoms with Crippen LogP contribution < -0.4 is 9.64 Å². The number of fused-ring (bicyclic) bond motifs is 1. The largest absolute Gasteiger partial charge is 0.494 e. The number of piperidine rings is 1. The maximum Gasteiger partial charge on any atom is 0.243 e. The molecule has 7 heteroatoms. The lowest BCUT2D eigenvalue weighted by Gasteiger charge is -2.34. The van der Waals surface area contributed by atoms with Gasteiger partial charge in [-0.15, -0.1) is 0 Å². The first-order valence-corrected chi connectivity index (χ1v) is 12.4. The zero-order chi connectivity index (χ0) is 22.2. The molecule has 0 aromatic heterocycles. The SMILES string of the molecule is CCOc1ccc(S(=O)(=O)N2CCC[C@H](C(=O)N3c4ccccc4C[C@@H]3C)C2)cc1C. The van der Waals surface area contributed by atoms with Crippen LogP contribution >= 0.6 is 0 Å². The fourth-order valence-electron chi connectivity index (χ4n) is 4.71. The van der Waals surface area contributed by atoms with Crippen LogP contribution in [0.1, 0.15) is 37.8 Å². The molecular weight excluding hydrogens is 412 g/mol. The van der Waals surface area contributed by atoms with Gasteiger partial charge in [0.2, 0.25) is 15.9 Å². The van der Waals surface area contributed by atoms with Crippen LogP contribution in [-0.2, 0) is 21.2 Å². The molecule has 166 valence electrons. The standard InChI is InChI=1S/C24H30N2O4S/c1-4-30-23-12-11-21(14-17(23)2)31(28,29)25-13-7-9-20(16-25)24(27)26-18(3)15-19-8-5-6-10-22(19)26/h5-6,8,10-12,14,18,20H,4,7,9,13,15-16H2,1-3H3/t18-,20-/m0/s1. The van der Waals surface area contributed by atoms with E-state index in [1.807, 2.05) is 36.9 Å². The van der Waals surface area contributed by atoms with Crippen molar-refractivity contribution in [1.29, 1.82) is 0 Å². The van der Waals surface area contributed by atoms with E-state index in [4.69, 9.17) is 4.74 Å². The molecule has 1 amide bonds. The Balaban J connectivity index is 1.54. The van der Waals surface area contributed by atoms with Crippen LogP contribution in [0.3, 0.4) is 0 Å². The second kappa shape index (κ2) is 8.63. The van der Waals surface area contributed by atoms with Crippen molar-refractivity contribution in [3.05, 3.63) is 53.6 Å². The lowest BCUT2D eigenvalue weighted by atomic mass is 9.97. The molecule has 2 atom stereocenters. The highest BCUT2D eigenvalue weighted by Gasteiger charge is 2.39. The van der Waals surface area contributed by atoms with E-state index in [0.717, 1.165) is 17.7 Å². The van der Waals surface area contributed by atoms with E-state index in [0.29, 0.717) is 31.7 Å². The Bertz CT molecular complexity index is 1080.